The Labute approximate surface area is 122 Å². The topological polar surface area (TPSA) is 80.2 Å². The second kappa shape index (κ2) is 6.74. The molecule has 21 heavy (non-hydrogen) atoms. The van der Waals surface area contributed by atoms with E-state index in [1.54, 1.807) is 18.2 Å². The van der Waals surface area contributed by atoms with Crippen molar-refractivity contribution in [2.45, 2.75) is 13.8 Å². The SMILES string of the molecule is CCN(CC)C(=O)C(=O)NN=Cc1ccc2c(c1)OCO2. The van der Waals surface area contributed by atoms with E-state index in [0.29, 0.717) is 24.6 Å². The monoisotopic (exact) mass is 291 g/mol. The first-order chi connectivity index (χ1) is 10.2. The third-order valence-electron chi connectivity index (χ3n) is 3.02. The minimum Gasteiger partial charge on any atom is -0.454 e. The number of carbonyl (C=O) groups is 2. The number of hydrogen-bond donors (Lipinski definition) is 1. The number of ether oxygens (including phenoxy) is 2. The van der Waals surface area contributed by atoms with Gasteiger partial charge in [-0.3, -0.25) is 9.59 Å². The summed E-state index contributed by atoms with van der Waals surface area (Å²) in [5.74, 6) is -0.0454. The van der Waals surface area contributed by atoms with E-state index < -0.39 is 11.8 Å². The van der Waals surface area contributed by atoms with Crippen molar-refractivity contribution in [3.63, 3.8) is 0 Å². The van der Waals surface area contributed by atoms with Crippen LogP contribution in [0.3, 0.4) is 0 Å². The van der Waals surface area contributed by atoms with Crippen molar-refractivity contribution in [3.8, 4) is 11.5 Å². The first-order valence-corrected chi connectivity index (χ1v) is 6.67. The summed E-state index contributed by atoms with van der Waals surface area (Å²) in [5, 5.41) is 3.77. The minimum absolute atomic E-state index is 0.199. The molecule has 112 valence electrons. The molecule has 0 saturated heterocycles. The number of amides is 2. The molecule has 0 fully saturated rings. The van der Waals surface area contributed by atoms with Gasteiger partial charge in [0.15, 0.2) is 11.5 Å². The van der Waals surface area contributed by atoms with Crippen LogP contribution in [-0.4, -0.2) is 42.8 Å². The van der Waals surface area contributed by atoms with Gasteiger partial charge in [-0.05, 0) is 37.6 Å². The van der Waals surface area contributed by atoms with Crippen LogP contribution in [-0.2, 0) is 9.59 Å². The standard InChI is InChI=1S/C14H17N3O4/c1-3-17(4-2)14(19)13(18)16-15-8-10-5-6-11-12(7-10)21-9-20-11/h5-8H,3-4,9H2,1-2H3,(H,16,18). The van der Waals surface area contributed by atoms with Crippen LogP contribution < -0.4 is 14.9 Å². The molecule has 0 spiro atoms. The molecule has 2 rings (SSSR count). The van der Waals surface area contributed by atoms with Gasteiger partial charge in [-0.1, -0.05) is 0 Å². The Morgan fingerprint density at radius 2 is 2.00 bits per heavy atom. The summed E-state index contributed by atoms with van der Waals surface area (Å²) in [6.07, 6.45) is 1.44. The molecule has 0 aromatic heterocycles. The van der Waals surface area contributed by atoms with E-state index in [-0.39, 0.29) is 6.79 Å². The normalized spacial score (nSPS) is 12.5. The van der Waals surface area contributed by atoms with Gasteiger partial charge >= 0.3 is 11.8 Å². The lowest BCUT2D eigenvalue weighted by Gasteiger charge is -2.16. The molecule has 1 aromatic rings. The van der Waals surface area contributed by atoms with Gasteiger partial charge in [0, 0.05) is 13.1 Å². The van der Waals surface area contributed by atoms with E-state index in [9.17, 15) is 9.59 Å². The van der Waals surface area contributed by atoms with Crippen molar-refractivity contribution in [1.29, 1.82) is 0 Å². The van der Waals surface area contributed by atoms with E-state index in [1.165, 1.54) is 11.1 Å². The van der Waals surface area contributed by atoms with Crippen molar-refractivity contribution in [2.24, 2.45) is 5.10 Å². The molecule has 1 aromatic carbocycles. The molecule has 0 atom stereocenters. The number of hydrazone groups is 1. The van der Waals surface area contributed by atoms with E-state index in [2.05, 4.69) is 10.5 Å². The molecule has 2 amide bonds. The van der Waals surface area contributed by atoms with Gasteiger partial charge in [-0.2, -0.15) is 5.10 Å². The summed E-state index contributed by atoms with van der Waals surface area (Å²) in [5.41, 5.74) is 2.95. The molecular formula is C14H17N3O4. The maximum atomic E-state index is 11.7. The molecule has 1 N–H and O–H groups in total. The van der Waals surface area contributed by atoms with Gasteiger partial charge in [-0.25, -0.2) is 5.43 Å². The highest BCUT2D eigenvalue weighted by atomic mass is 16.7. The zero-order valence-corrected chi connectivity index (χ0v) is 12.0. The van der Waals surface area contributed by atoms with Gasteiger partial charge in [0.05, 0.1) is 6.21 Å². The lowest BCUT2D eigenvalue weighted by molar-refractivity contribution is -0.145. The summed E-state index contributed by atoms with van der Waals surface area (Å²) in [7, 11) is 0. The zero-order chi connectivity index (χ0) is 15.2. The van der Waals surface area contributed by atoms with Crippen LogP contribution in [0.2, 0.25) is 0 Å². The van der Waals surface area contributed by atoms with Crippen LogP contribution >= 0.6 is 0 Å². The Morgan fingerprint density at radius 3 is 2.71 bits per heavy atom. The fourth-order valence-corrected chi connectivity index (χ4v) is 1.86. The van der Waals surface area contributed by atoms with Crippen LogP contribution in [0.4, 0.5) is 0 Å². The number of benzene rings is 1. The molecule has 0 bridgehead atoms. The fourth-order valence-electron chi connectivity index (χ4n) is 1.86. The number of rotatable bonds is 4. The van der Waals surface area contributed by atoms with Gasteiger partial charge in [0.2, 0.25) is 6.79 Å². The van der Waals surface area contributed by atoms with Gasteiger partial charge in [0.25, 0.3) is 0 Å². The lowest BCUT2D eigenvalue weighted by Crippen LogP contribution is -2.41. The highest BCUT2D eigenvalue weighted by Crippen LogP contribution is 2.31. The third kappa shape index (κ3) is 3.50. The zero-order valence-electron chi connectivity index (χ0n) is 12.0. The summed E-state index contributed by atoms with van der Waals surface area (Å²) < 4.78 is 10.4. The van der Waals surface area contributed by atoms with Crippen molar-refractivity contribution >= 4 is 18.0 Å². The van der Waals surface area contributed by atoms with E-state index in [4.69, 9.17) is 9.47 Å². The Bertz CT molecular complexity index is 567. The maximum Gasteiger partial charge on any atom is 0.329 e. The number of nitrogens with one attached hydrogen (secondary N) is 1. The molecule has 7 nitrogen and oxygen atoms in total. The molecule has 0 radical (unpaired) electrons. The molecule has 0 saturated carbocycles. The first-order valence-electron chi connectivity index (χ1n) is 6.67. The number of likely N-dealkylation sites (N-methyl/N-ethyl adjacent to an activating group) is 1. The second-order valence-electron chi connectivity index (χ2n) is 4.29. The Hall–Kier alpha value is -2.57. The van der Waals surface area contributed by atoms with Crippen LogP contribution in [0.25, 0.3) is 0 Å². The number of hydrogen-bond acceptors (Lipinski definition) is 5. The van der Waals surface area contributed by atoms with E-state index in [1.807, 2.05) is 13.8 Å². The number of carbonyl (C=O) groups excluding carboxylic acids is 2. The second-order valence-corrected chi connectivity index (χ2v) is 4.29. The Kier molecular flexibility index (Phi) is 4.76. The average molecular weight is 291 g/mol. The van der Waals surface area contributed by atoms with Crippen LogP contribution in [0.1, 0.15) is 19.4 Å². The third-order valence-corrected chi connectivity index (χ3v) is 3.02. The summed E-state index contributed by atoms with van der Waals surface area (Å²) >= 11 is 0. The predicted octanol–water partition coefficient (Wildman–Crippen LogP) is 0.734. The Morgan fingerprint density at radius 1 is 1.29 bits per heavy atom. The smallest absolute Gasteiger partial charge is 0.329 e. The van der Waals surface area contributed by atoms with Gasteiger partial charge in [-0.15, -0.1) is 0 Å². The molecule has 0 unspecified atom stereocenters. The summed E-state index contributed by atoms with van der Waals surface area (Å²) in [6, 6.07) is 5.27. The molecule has 7 heteroatoms. The van der Waals surface area contributed by atoms with E-state index >= 15 is 0 Å². The van der Waals surface area contributed by atoms with Crippen molar-refractivity contribution in [2.75, 3.05) is 19.9 Å². The van der Waals surface area contributed by atoms with Gasteiger partial charge < -0.3 is 14.4 Å². The fraction of sp³-hybridized carbons (Fsp3) is 0.357. The van der Waals surface area contributed by atoms with Crippen LogP contribution in [0, 0.1) is 0 Å². The quantitative estimate of drug-likeness (QED) is 0.504. The maximum absolute atomic E-state index is 11.7. The predicted molar refractivity (Wildman–Crippen MR) is 76.2 cm³/mol. The summed E-state index contributed by atoms with van der Waals surface area (Å²) in [4.78, 5) is 24.7. The molecule has 1 aliphatic rings. The van der Waals surface area contributed by atoms with Crippen molar-refractivity contribution in [1.82, 2.24) is 10.3 Å². The largest absolute Gasteiger partial charge is 0.454 e. The molecule has 1 heterocycles. The Balaban J connectivity index is 1.93. The minimum atomic E-state index is -0.754. The number of nitrogens with zero attached hydrogens (tertiary/aromatic N) is 2. The van der Waals surface area contributed by atoms with Gasteiger partial charge in [0.1, 0.15) is 0 Å². The van der Waals surface area contributed by atoms with E-state index in [0.717, 1.165) is 5.56 Å². The lowest BCUT2D eigenvalue weighted by atomic mass is 10.2. The molecular weight excluding hydrogens is 274 g/mol. The molecule has 0 aliphatic carbocycles. The highest BCUT2D eigenvalue weighted by Gasteiger charge is 2.18. The summed E-state index contributed by atoms with van der Waals surface area (Å²) in [6.45, 7) is 4.78. The van der Waals surface area contributed by atoms with Crippen molar-refractivity contribution in [3.05, 3.63) is 23.8 Å². The average Bonchev–Trinajstić information content (AvgIpc) is 2.95. The van der Waals surface area contributed by atoms with Crippen LogP contribution in [0.15, 0.2) is 23.3 Å². The first kappa shape index (κ1) is 14.8. The van der Waals surface area contributed by atoms with Crippen LogP contribution in [0.5, 0.6) is 11.5 Å². The highest BCUT2D eigenvalue weighted by molar-refractivity contribution is 6.34. The number of fused-ring (bicyclic) bond motifs is 1. The molecule has 1 aliphatic heterocycles. The van der Waals surface area contributed by atoms with Crippen molar-refractivity contribution < 1.29 is 19.1 Å².